The maximum Gasteiger partial charge on any atom is 0.418 e. The molecule has 1 aromatic heterocycles. The number of alkyl halides is 3. The molecule has 42 heavy (non-hydrogen) atoms. The fraction of sp³-hybridized carbons (Fsp3) is 0.357. The van der Waals surface area contributed by atoms with Gasteiger partial charge in [-0.1, -0.05) is 29.3 Å². The summed E-state index contributed by atoms with van der Waals surface area (Å²) in [5, 5.41) is 3.26. The van der Waals surface area contributed by atoms with Crippen LogP contribution in [0, 0.1) is 0 Å². The number of aliphatic imine (C=N–C) groups is 1. The molecule has 2 aromatic carbocycles. The van der Waals surface area contributed by atoms with E-state index in [0.717, 1.165) is 6.07 Å². The van der Waals surface area contributed by atoms with Crippen LogP contribution in [0.25, 0.3) is 0 Å². The molecule has 3 aliphatic rings. The molecule has 2 atom stereocenters. The van der Waals surface area contributed by atoms with Crippen LogP contribution in [0.1, 0.15) is 29.8 Å². The molecule has 14 heteroatoms. The molecule has 9 nitrogen and oxygen atoms in total. The number of aromatic nitrogens is 2. The van der Waals surface area contributed by atoms with Crippen LogP contribution in [0.3, 0.4) is 0 Å². The van der Waals surface area contributed by atoms with Crippen molar-refractivity contribution in [1.82, 2.24) is 14.9 Å². The molecule has 0 spiro atoms. The quantitative estimate of drug-likeness (QED) is 0.389. The Hall–Kier alpha value is -3.61. The zero-order valence-electron chi connectivity index (χ0n) is 23.0. The largest absolute Gasteiger partial charge is 0.418 e. The van der Waals surface area contributed by atoms with E-state index in [-0.39, 0.29) is 56.8 Å². The summed E-state index contributed by atoms with van der Waals surface area (Å²) in [7, 11) is 2.02. The first-order valence-corrected chi connectivity index (χ1v) is 14.1. The molecule has 1 N–H and O–H groups in total. The topological polar surface area (TPSA) is 80.2 Å². The average Bonchev–Trinajstić information content (AvgIpc) is 3.42. The van der Waals surface area contributed by atoms with Gasteiger partial charge in [0.15, 0.2) is 5.82 Å². The van der Waals surface area contributed by atoms with Crippen LogP contribution >= 0.6 is 23.2 Å². The molecule has 3 aliphatic heterocycles. The van der Waals surface area contributed by atoms with Crippen molar-refractivity contribution in [2.75, 3.05) is 53.2 Å². The fourth-order valence-electron chi connectivity index (χ4n) is 5.54. The van der Waals surface area contributed by atoms with E-state index in [0.29, 0.717) is 31.9 Å². The summed E-state index contributed by atoms with van der Waals surface area (Å²) in [5.74, 6) is -0.0709. The second kappa shape index (κ2) is 10.6. The minimum atomic E-state index is -4.63. The lowest BCUT2D eigenvalue weighted by Gasteiger charge is -2.43. The number of hydrogen-bond acceptors (Lipinski definition) is 8. The molecule has 3 aromatic rings. The van der Waals surface area contributed by atoms with E-state index in [4.69, 9.17) is 23.2 Å². The van der Waals surface area contributed by atoms with Gasteiger partial charge in [0.25, 0.3) is 5.91 Å². The SMILES string of the molecule is C[C@@H]1CN(c2ccc(Nc3ncc4c(n3)N3CCN=C3N(c3c(Cl)cccc3Cl)C4=O)c(C(F)(F)F)c2)C[C@H](C)N1C. The van der Waals surface area contributed by atoms with Gasteiger partial charge in [0.1, 0.15) is 5.56 Å². The normalized spacial score (nSPS) is 20.9. The number of nitrogens with one attached hydrogen (secondary N) is 1. The molecule has 6 rings (SSSR count). The first kappa shape index (κ1) is 28.5. The third kappa shape index (κ3) is 4.91. The van der Waals surface area contributed by atoms with Gasteiger partial charge < -0.3 is 10.2 Å². The zero-order chi connectivity index (χ0) is 29.9. The van der Waals surface area contributed by atoms with Gasteiger partial charge in [0.2, 0.25) is 11.9 Å². The minimum Gasteiger partial charge on any atom is -0.368 e. The molecule has 1 saturated heterocycles. The van der Waals surface area contributed by atoms with Gasteiger partial charge in [-0.2, -0.15) is 18.2 Å². The van der Waals surface area contributed by atoms with Crippen molar-refractivity contribution in [2.45, 2.75) is 32.1 Å². The standard InChI is InChI=1S/C28H27Cl2F3N8O/c1-15-13-39(14-16(2)38(15)3)17-7-8-22(19(11-17)28(31,32)33)36-26-35-12-18-24(37-26)40-10-9-34-27(40)41(25(18)42)23-20(29)5-4-6-21(23)30/h4-8,11-12,15-16H,9-10,13-14H2,1-3H3,(H,35,36,37)/t15-,16+. The summed E-state index contributed by atoms with van der Waals surface area (Å²) in [5.41, 5.74) is -0.110. The van der Waals surface area contributed by atoms with Gasteiger partial charge in [-0.25, -0.2) is 9.88 Å². The maximum absolute atomic E-state index is 14.3. The van der Waals surface area contributed by atoms with Crippen molar-refractivity contribution in [3.63, 3.8) is 0 Å². The Morgan fingerprint density at radius 2 is 1.74 bits per heavy atom. The lowest BCUT2D eigenvalue weighted by atomic mass is 10.1. The number of para-hydroxylation sites is 1. The molecule has 1 fully saturated rings. The monoisotopic (exact) mass is 618 g/mol. The van der Waals surface area contributed by atoms with E-state index < -0.39 is 17.6 Å². The molecule has 1 amide bonds. The number of benzene rings is 2. The fourth-order valence-corrected chi connectivity index (χ4v) is 6.11. The Balaban J connectivity index is 1.33. The molecule has 0 saturated carbocycles. The number of halogens is 5. The Bertz CT molecular complexity index is 1570. The van der Waals surface area contributed by atoms with Crippen molar-refractivity contribution < 1.29 is 18.0 Å². The van der Waals surface area contributed by atoms with E-state index in [2.05, 4.69) is 39.0 Å². The number of carbonyl (C=O) groups is 1. The predicted molar refractivity (Wildman–Crippen MR) is 159 cm³/mol. The predicted octanol–water partition coefficient (Wildman–Crippen LogP) is 5.91. The Labute approximate surface area is 250 Å². The summed E-state index contributed by atoms with van der Waals surface area (Å²) in [6.07, 6.45) is -3.34. The highest BCUT2D eigenvalue weighted by molar-refractivity contribution is 6.43. The molecule has 0 bridgehead atoms. The van der Waals surface area contributed by atoms with Gasteiger partial charge >= 0.3 is 6.18 Å². The van der Waals surface area contributed by atoms with Crippen LogP contribution < -0.4 is 20.0 Å². The van der Waals surface area contributed by atoms with Crippen LogP contribution in [0.15, 0.2) is 47.6 Å². The second-order valence-electron chi connectivity index (χ2n) is 10.6. The van der Waals surface area contributed by atoms with Crippen LogP contribution in [-0.4, -0.2) is 72.0 Å². The number of likely N-dealkylation sites (N-methyl/N-ethyl adjacent to an activating group) is 1. The molecule has 0 unspecified atom stereocenters. The van der Waals surface area contributed by atoms with E-state index >= 15 is 0 Å². The van der Waals surface area contributed by atoms with Crippen molar-refractivity contribution in [1.29, 1.82) is 0 Å². The number of piperazine rings is 1. The van der Waals surface area contributed by atoms with Gasteiger partial charge in [0.05, 0.1) is 33.5 Å². The summed E-state index contributed by atoms with van der Waals surface area (Å²) < 4.78 is 42.8. The van der Waals surface area contributed by atoms with E-state index in [1.165, 1.54) is 17.2 Å². The van der Waals surface area contributed by atoms with E-state index in [1.807, 2.05) is 11.9 Å². The minimum absolute atomic E-state index is 0.0860. The number of guanidine groups is 1. The number of hydrogen-bond donors (Lipinski definition) is 1. The van der Waals surface area contributed by atoms with E-state index in [9.17, 15) is 18.0 Å². The van der Waals surface area contributed by atoms with Gasteiger partial charge in [0, 0.05) is 43.6 Å². The molecule has 220 valence electrons. The maximum atomic E-state index is 14.3. The van der Waals surface area contributed by atoms with Crippen molar-refractivity contribution >= 4 is 63.9 Å². The highest BCUT2D eigenvalue weighted by Gasteiger charge is 2.42. The number of carbonyl (C=O) groups excluding carboxylic acids is 1. The summed E-state index contributed by atoms with van der Waals surface area (Å²) in [6.45, 7) is 6.11. The number of fused-ring (bicyclic) bond motifs is 3. The summed E-state index contributed by atoms with van der Waals surface area (Å²) >= 11 is 12.8. The molecular formula is C28H27Cl2F3N8O. The average molecular weight is 619 g/mol. The second-order valence-corrected chi connectivity index (χ2v) is 11.4. The van der Waals surface area contributed by atoms with Crippen molar-refractivity contribution in [3.8, 4) is 0 Å². The highest BCUT2D eigenvalue weighted by atomic mass is 35.5. The third-order valence-corrected chi connectivity index (χ3v) is 8.53. The van der Waals surface area contributed by atoms with Crippen LogP contribution in [0.2, 0.25) is 10.0 Å². The number of anilines is 5. The van der Waals surface area contributed by atoms with Crippen LogP contribution in [0.4, 0.5) is 42.0 Å². The van der Waals surface area contributed by atoms with Crippen molar-refractivity contribution in [3.05, 3.63) is 63.8 Å². The molecule has 0 aliphatic carbocycles. The Morgan fingerprint density at radius 1 is 1.05 bits per heavy atom. The number of nitrogens with zero attached hydrogens (tertiary/aromatic N) is 7. The lowest BCUT2D eigenvalue weighted by molar-refractivity contribution is -0.136. The first-order valence-electron chi connectivity index (χ1n) is 13.4. The number of rotatable bonds is 4. The third-order valence-electron chi connectivity index (χ3n) is 7.92. The van der Waals surface area contributed by atoms with Gasteiger partial charge in [-0.3, -0.25) is 19.6 Å². The van der Waals surface area contributed by atoms with Gasteiger partial charge in [-0.05, 0) is 51.2 Å². The van der Waals surface area contributed by atoms with Crippen LogP contribution in [-0.2, 0) is 6.18 Å². The summed E-state index contributed by atoms with van der Waals surface area (Å²) in [4.78, 5) is 34.0. The van der Waals surface area contributed by atoms with Crippen molar-refractivity contribution in [2.24, 2.45) is 4.99 Å². The van der Waals surface area contributed by atoms with Crippen LogP contribution in [0.5, 0.6) is 0 Å². The first-order chi connectivity index (χ1) is 19.9. The highest BCUT2D eigenvalue weighted by Crippen LogP contribution is 2.41. The summed E-state index contributed by atoms with van der Waals surface area (Å²) in [6, 6.07) is 9.50. The smallest absolute Gasteiger partial charge is 0.368 e. The molecule has 4 heterocycles. The molecule has 0 radical (unpaired) electrons. The number of amides is 1. The Kier molecular flexibility index (Phi) is 7.19. The lowest BCUT2D eigenvalue weighted by Crippen LogP contribution is -2.55. The van der Waals surface area contributed by atoms with E-state index in [1.54, 1.807) is 29.2 Å². The van der Waals surface area contributed by atoms with Gasteiger partial charge in [-0.15, -0.1) is 0 Å². The Morgan fingerprint density at radius 3 is 2.40 bits per heavy atom. The zero-order valence-corrected chi connectivity index (χ0v) is 24.5. The molecular weight excluding hydrogens is 592 g/mol.